The molecule has 0 atom stereocenters. The molecule has 4 N–H and O–H groups in total. The Kier molecular flexibility index (Phi) is 2.55. The van der Waals surface area contributed by atoms with Crippen molar-refractivity contribution in [3.05, 3.63) is 15.9 Å². The highest BCUT2D eigenvalue weighted by atomic mass is 16.1. The number of nitrogen functional groups attached to an aromatic ring is 1. The first-order valence-electron chi connectivity index (χ1n) is 4.13. The molecule has 0 aromatic carbocycles. The molecule has 0 aliphatic carbocycles. The normalized spacial score (nSPS) is 10.5. The maximum atomic E-state index is 11.4. The van der Waals surface area contributed by atoms with Crippen LogP contribution < -0.4 is 16.6 Å². The van der Waals surface area contributed by atoms with Gasteiger partial charge in [-0.25, -0.2) is 0 Å². The summed E-state index contributed by atoms with van der Waals surface area (Å²) in [4.78, 5) is 18.0. The van der Waals surface area contributed by atoms with Gasteiger partial charge in [0.2, 0.25) is 5.95 Å². The van der Waals surface area contributed by atoms with Crippen molar-refractivity contribution in [1.29, 1.82) is 0 Å². The van der Waals surface area contributed by atoms with Crippen molar-refractivity contribution in [2.24, 2.45) is 0 Å². The van der Waals surface area contributed by atoms with E-state index in [2.05, 4.69) is 15.3 Å². The first-order chi connectivity index (χ1) is 6.06. The van der Waals surface area contributed by atoms with E-state index in [0.29, 0.717) is 17.3 Å². The molecular formula is C8H14N4O. The van der Waals surface area contributed by atoms with E-state index in [1.54, 1.807) is 7.05 Å². The van der Waals surface area contributed by atoms with Gasteiger partial charge in [0.15, 0.2) is 0 Å². The fourth-order valence-corrected chi connectivity index (χ4v) is 1.18. The molecule has 0 aliphatic heterocycles. The second-order valence-corrected chi connectivity index (χ2v) is 3.12. The summed E-state index contributed by atoms with van der Waals surface area (Å²) in [7, 11) is 1.67. The second kappa shape index (κ2) is 3.47. The van der Waals surface area contributed by atoms with Crippen molar-refractivity contribution in [3.8, 4) is 0 Å². The van der Waals surface area contributed by atoms with Crippen LogP contribution in [0.3, 0.4) is 0 Å². The molecule has 0 unspecified atom stereocenters. The van der Waals surface area contributed by atoms with Crippen molar-refractivity contribution >= 4 is 11.8 Å². The van der Waals surface area contributed by atoms with Gasteiger partial charge in [0.25, 0.3) is 5.56 Å². The molecule has 13 heavy (non-hydrogen) atoms. The molecule has 0 amide bonds. The fourth-order valence-electron chi connectivity index (χ4n) is 1.18. The summed E-state index contributed by atoms with van der Waals surface area (Å²) in [6.07, 6.45) is 0. The molecule has 0 radical (unpaired) electrons. The van der Waals surface area contributed by atoms with Gasteiger partial charge in [0.05, 0.1) is 5.56 Å². The van der Waals surface area contributed by atoms with E-state index in [1.165, 1.54) is 0 Å². The number of aromatic nitrogens is 2. The maximum absolute atomic E-state index is 11.4. The smallest absolute Gasteiger partial charge is 0.257 e. The Labute approximate surface area is 76.4 Å². The molecule has 0 spiro atoms. The lowest BCUT2D eigenvalue weighted by molar-refractivity contribution is 0.837. The zero-order chi connectivity index (χ0) is 10.0. The number of hydrogen-bond acceptors (Lipinski definition) is 4. The maximum Gasteiger partial charge on any atom is 0.257 e. The summed E-state index contributed by atoms with van der Waals surface area (Å²) in [5.41, 5.74) is 5.99. The average Bonchev–Trinajstić information content (AvgIpc) is 2.02. The van der Waals surface area contributed by atoms with Gasteiger partial charge in [-0.15, -0.1) is 0 Å². The van der Waals surface area contributed by atoms with Gasteiger partial charge in [-0.3, -0.25) is 9.78 Å². The van der Waals surface area contributed by atoms with Gasteiger partial charge in [-0.05, 0) is 5.92 Å². The zero-order valence-corrected chi connectivity index (χ0v) is 8.01. The van der Waals surface area contributed by atoms with Crippen molar-refractivity contribution < 1.29 is 0 Å². The van der Waals surface area contributed by atoms with E-state index in [4.69, 9.17) is 5.73 Å². The highest BCUT2D eigenvalue weighted by Crippen LogP contribution is 2.15. The van der Waals surface area contributed by atoms with Crippen molar-refractivity contribution in [1.82, 2.24) is 9.97 Å². The third-order valence-electron chi connectivity index (χ3n) is 1.80. The van der Waals surface area contributed by atoms with E-state index in [1.807, 2.05) is 13.8 Å². The predicted octanol–water partition coefficient (Wildman–Crippen LogP) is 0.517. The molecule has 1 heterocycles. The SMILES string of the molecule is CNc1nc(N)c(C(C)C)c(=O)[nH]1. The standard InChI is InChI=1S/C8H14N4O/c1-4(2)5-6(9)11-8(10-3)12-7(5)13/h4H,1-3H3,(H4,9,10,11,12,13). The van der Waals surface area contributed by atoms with E-state index < -0.39 is 0 Å². The van der Waals surface area contributed by atoms with Gasteiger partial charge in [0.1, 0.15) is 5.82 Å². The van der Waals surface area contributed by atoms with Crippen LogP contribution in [0.15, 0.2) is 4.79 Å². The minimum Gasteiger partial charge on any atom is -0.383 e. The topological polar surface area (TPSA) is 83.8 Å². The van der Waals surface area contributed by atoms with Gasteiger partial charge in [-0.1, -0.05) is 13.8 Å². The van der Waals surface area contributed by atoms with Crippen LogP contribution in [0.4, 0.5) is 11.8 Å². The summed E-state index contributed by atoms with van der Waals surface area (Å²) in [6.45, 7) is 3.81. The monoisotopic (exact) mass is 182 g/mol. The molecule has 0 fully saturated rings. The Morgan fingerprint density at radius 3 is 2.54 bits per heavy atom. The molecular weight excluding hydrogens is 168 g/mol. The van der Waals surface area contributed by atoms with Gasteiger partial charge < -0.3 is 11.1 Å². The molecule has 0 saturated carbocycles. The summed E-state index contributed by atoms with van der Waals surface area (Å²) >= 11 is 0. The molecule has 0 bridgehead atoms. The molecule has 1 aromatic rings. The highest BCUT2D eigenvalue weighted by molar-refractivity contribution is 5.44. The molecule has 1 rings (SSSR count). The molecule has 1 aromatic heterocycles. The summed E-state index contributed by atoms with van der Waals surface area (Å²) in [5, 5.41) is 2.73. The Morgan fingerprint density at radius 1 is 1.54 bits per heavy atom. The quantitative estimate of drug-likeness (QED) is 0.622. The minimum atomic E-state index is -0.174. The third kappa shape index (κ3) is 1.80. The average molecular weight is 182 g/mol. The van der Waals surface area contributed by atoms with Crippen LogP contribution in [0.5, 0.6) is 0 Å². The third-order valence-corrected chi connectivity index (χ3v) is 1.80. The van der Waals surface area contributed by atoms with Crippen LogP contribution in [0, 0.1) is 0 Å². The first-order valence-corrected chi connectivity index (χ1v) is 4.13. The van der Waals surface area contributed by atoms with E-state index in [9.17, 15) is 4.79 Å². The lowest BCUT2D eigenvalue weighted by Gasteiger charge is -2.08. The van der Waals surface area contributed by atoms with Crippen LogP contribution in [-0.2, 0) is 0 Å². The number of anilines is 2. The van der Waals surface area contributed by atoms with Gasteiger partial charge in [0, 0.05) is 7.05 Å². The Balaban J connectivity index is 3.32. The van der Waals surface area contributed by atoms with Crippen LogP contribution in [0.1, 0.15) is 25.3 Å². The molecule has 0 saturated heterocycles. The van der Waals surface area contributed by atoms with Crippen LogP contribution in [-0.4, -0.2) is 17.0 Å². The number of nitrogens with zero attached hydrogens (tertiary/aromatic N) is 1. The first kappa shape index (κ1) is 9.57. The Bertz CT molecular complexity index is 356. The van der Waals surface area contributed by atoms with Crippen LogP contribution in [0.2, 0.25) is 0 Å². The number of nitrogens with two attached hydrogens (primary N) is 1. The Morgan fingerprint density at radius 2 is 2.15 bits per heavy atom. The van der Waals surface area contributed by atoms with Crippen molar-refractivity contribution in [2.75, 3.05) is 18.1 Å². The molecule has 5 heteroatoms. The highest BCUT2D eigenvalue weighted by Gasteiger charge is 2.11. The number of nitrogens with one attached hydrogen (secondary N) is 2. The minimum absolute atomic E-state index is 0.0853. The van der Waals surface area contributed by atoms with Crippen LogP contribution in [0.25, 0.3) is 0 Å². The van der Waals surface area contributed by atoms with Gasteiger partial charge >= 0.3 is 0 Å². The van der Waals surface area contributed by atoms with Crippen LogP contribution >= 0.6 is 0 Å². The molecule has 72 valence electrons. The van der Waals surface area contributed by atoms with E-state index in [-0.39, 0.29) is 11.5 Å². The molecule has 0 aliphatic rings. The van der Waals surface area contributed by atoms with E-state index >= 15 is 0 Å². The number of rotatable bonds is 2. The largest absolute Gasteiger partial charge is 0.383 e. The lowest BCUT2D eigenvalue weighted by atomic mass is 10.1. The van der Waals surface area contributed by atoms with Gasteiger partial charge in [-0.2, -0.15) is 4.98 Å². The Hall–Kier alpha value is -1.52. The summed E-state index contributed by atoms with van der Waals surface area (Å²) in [6, 6.07) is 0. The number of hydrogen-bond donors (Lipinski definition) is 3. The van der Waals surface area contributed by atoms with Crippen molar-refractivity contribution in [2.45, 2.75) is 19.8 Å². The number of H-pyrrole nitrogens is 1. The van der Waals surface area contributed by atoms with E-state index in [0.717, 1.165) is 0 Å². The second-order valence-electron chi connectivity index (χ2n) is 3.12. The summed E-state index contributed by atoms with van der Waals surface area (Å²) in [5.74, 6) is 0.775. The lowest BCUT2D eigenvalue weighted by Crippen LogP contribution is -2.20. The predicted molar refractivity (Wildman–Crippen MR) is 52.9 cm³/mol. The van der Waals surface area contributed by atoms with Crippen molar-refractivity contribution in [3.63, 3.8) is 0 Å². The molecule has 5 nitrogen and oxygen atoms in total. The zero-order valence-electron chi connectivity index (χ0n) is 8.01. The fraction of sp³-hybridized carbons (Fsp3) is 0.500. The number of aromatic amines is 1. The summed E-state index contributed by atoms with van der Waals surface area (Å²) < 4.78 is 0.